The number of anilines is 1. The Bertz CT molecular complexity index is 1920. The van der Waals surface area contributed by atoms with E-state index in [-0.39, 0.29) is 16.7 Å². The van der Waals surface area contributed by atoms with Crippen LogP contribution in [0.1, 0.15) is 40.1 Å². The van der Waals surface area contributed by atoms with E-state index in [9.17, 15) is 19.2 Å². The number of fused-ring (bicyclic) bond motifs is 1. The summed E-state index contributed by atoms with van der Waals surface area (Å²) in [5.74, 6) is -1.23. The largest absolute Gasteiger partial charge is 0.342 e. The van der Waals surface area contributed by atoms with Crippen LogP contribution in [0.15, 0.2) is 102 Å². The van der Waals surface area contributed by atoms with Gasteiger partial charge in [0.15, 0.2) is 11.2 Å². The number of ketones is 1. The molecule has 0 fully saturated rings. The van der Waals surface area contributed by atoms with E-state index in [4.69, 9.17) is 23.2 Å². The Balaban J connectivity index is 1.34. The minimum atomic E-state index is -0.869. The van der Waals surface area contributed by atoms with Crippen molar-refractivity contribution < 1.29 is 14.4 Å². The van der Waals surface area contributed by atoms with E-state index >= 15 is 0 Å². The van der Waals surface area contributed by atoms with Crippen LogP contribution in [0.3, 0.4) is 0 Å². The molecular weight excluding hydrogens is 585 g/mol. The lowest BCUT2D eigenvalue weighted by Crippen LogP contribution is -2.41. The van der Waals surface area contributed by atoms with Crippen molar-refractivity contribution in [1.82, 2.24) is 9.88 Å². The van der Waals surface area contributed by atoms with Crippen molar-refractivity contribution in [1.29, 1.82) is 0 Å². The van der Waals surface area contributed by atoms with Gasteiger partial charge in [0.25, 0.3) is 5.91 Å². The van der Waals surface area contributed by atoms with Crippen LogP contribution < -0.4 is 16.1 Å². The normalized spacial score (nSPS) is 11.6. The SMILES string of the molecule is CC(=O)c1cn(Cc2ccc(Cl)c(Cl)c2)c2ccc(NC(=O)[C@H](C)NC(=O)c3ccc(-c4ccccc4)cc3)cc2c1=O. The zero-order valence-electron chi connectivity index (χ0n) is 23.4. The van der Waals surface area contributed by atoms with Crippen molar-refractivity contribution in [3.05, 3.63) is 134 Å². The number of aromatic nitrogens is 1. The molecule has 0 radical (unpaired) electrons. The fourth-order valence-corrected chi connectivity index (χ4v) is 5.05. The highest BCUT2D eigenvalue weighted by Gasteiger charge is 2.19. The first-order valence-electron chi connectivity index (χ1n) is 13.5. The Morgan fingerprint density at radius 3 is 2.21 bits per heavy atom. The van der Waals surface area contributed by atoms with Crippen LogP contribution in [-0.4, -0.2) is 28.2 Å². The van der Waals surface area contributed by atoms with E-state index < -0.39 is 23.3 Å². The second-order valence-corrected chi connectivity index (χ2v) is 11.0. The molecule has 0 saturated carbocycles. The third-order valence-electron chi connectivity index (χ3n) is 7.06. The number of Topliss-reactive ketones (excluding diaryl/α,β-unsaturated/α-hetero) is 1. The summed E-state index contributed by atoms with van der Waals surface area (Å²) in [5.41, 5.74) is 3.76. The molecule has 0 aliphatic carbocycles. The van der Waals surface area contributed by atoms with E-state index in [1.165, 1.54) is 19.2 Å². The van der Waals surface area contributed by atoms with Gasteiger partial charge >= 0.3 is 0 Å². The second-order valence-electron chi connectivity index (χ2n) is 10.2. The minimum Gasteiger partial charge on any atom is -0.342 e. The zero-order valence-corrected chi connectivity index (χ0v) is 24.9. The number of carbonyl (C=O) groups is 3. The predicted molar refractivity (Wildman–Crippen MR) is 171 cm³/mol. The van der Waals surface area contributed by atoms with Crippen LogP contribution in [-0.2, 0) is 11.3 Å². The summed E-state index contributed by atoms with van der Waals surface area (Å²) in [7, 11) is 0. The highest BCUT2D eigenvalue weighted by molar-refractivity contribution is 6.42. The summed E-state index contributed by atoms with van der Waals surface area (Å²) in [5, 5.41) is 6.55. The van der Waals surface area contributed by atoms with Gasteiger partial charge in [-0.15, -0.1) is 0 Å². The summed E-state index contributed by atoms with van der Waals surface area (Å²) >= 11 is 12.2. The molecule has 5 aromatic rings. The number of hydrogen-bond acceptors (Lipinski definition) is 4. The van der Waals surface area contributed by atoms with Crippen LogP contribution >= 0.6 is 23.2 Å². The fourth-order valence-electron chi connectivity index (χ4n) is 4.73. The molecule has 9 heteroatoms. The van der Waals surface area contributed by atoms with Gasteiger partial charge in [0.1, 0.15) is 6.04 Å². The molecule has 1 heterocycles. The smallest absolute Gasteiger partial charge is 0.251 e. The lowest BCUT2D eigenvalue weighted by atomic mass is 10.0. The molecule has 0 unspecified atom stereocenters. The molecule has 0 spiro atoms. The quantitative estimate of drug-likeness (QED) is 0.185. The van der Waals surface area contributed by atoms with Gasteiger partial charge in [0, 0.05) is 29.4 Å². The average molecular weight is 613 g/mol. The van der Waals surface area contributed by atoms with Gasteiger partial charge in [0.05, 0.1) is 21.1 Å². The number of nitrogens with zero attached hydrogens (tertiary/aromatic N) is 1. The molecule has 216 valence electrons. The monoisotopic (exact) mass is 611 g/mol. The van der Waals surface area contributed by atoms with Gasteiger partial charge in [-0.25, -0.2) is 0 Å². The van der Waals surface area contributed by atoms with E-state index in [2.05, 4.69) is 10.6 Å². The Labute approximate surface area is 258 Å². The lowest BCUT2D eigenvalue weighted by Gasteiger charge is -2.16. The second kappa shape index (κ2) is 12.7. The van der Waals surface area contributed by atoms with Crippen LogP contribution in [0.2, 0.25) is 10.0 Å². The highest BCUT2D eigenvalue weighted by atomic mass is 35.5. The van der Waals surface area contributed by atoms with Crippen LogP contribution in [0, 0.1) is 0 Å². The van der Waals surface area contributed by atoms with Crippen molar-refractivity contribution in [2.24, 2.45) is 0 Å². The maximum absolute atomic E-state index is 13.2. The number of hydrogen-bond donors (Lipinski definition) is 2. The molecule has 0 bridgehead atoms. The lowest BCUT2D eigenvalue weighted by molar-refractivity contribution is -0.117. The van der Waals surface area contributed by atoms with E-state index in [0.29, 0.717) is 33.4 Å². The summed E-state index contributed by atoms with van der Waals surface area (Å²) in [6.07, 6.45) is 1.53. The molecular formula is C34H27Cl2N3O4. The molecule has 43 heavy (non-hydrogen) atoms. The molecule has 7 nitrogen and oxygen atoms in total. The average Bonchev–Trinajstić information content (AvgIpc) is 3.00. The summed E-state index contributed by atoms with van der Waals surface area (Å²) < 4.78 is 1.78. The highest BCUT2D eigenvalue weighted by Crippen LogP contribution is 2.25. The van der Waals surface area contributed by atoms with Crippen molar-refractivity contribution in [3.63, 3.8) is 0 Å². The number of nitrogens with one attached hydrogen (secondary N) is 2. The Morgan fingerprint density at radius 1 is 0.837 bits per heavy atom. The molecule has 1 atom stereocenters. The summed E-state index contributed by atoms with van der Waals surface area (Å²) in [6.45, 7) is 3.23. The summed E-state index contributed by atoms with van der Waals surface area (Å²) in [4.78, 5) is 51.4. The number of pyridine rings is 1. The van der Waals surface area contributed by atoms with E-state index in [1.54, 1.807) is 47.9 Å². The molecule has 0 aliphatic heterocycles. The number of carbonyl (C=O) groups excluding carboxylic acids is 3. The first-order valence-corrected chi connectivity index (χ1v) is 14.3. The number of halogens is 2. The number of rotatable bonds is 8. The third-order valence-corrected chi connectivity index (χ3v) is 7.80. The van der Waals surface area contributed by atoms with Crippen molar-refractivity contribution in [3.8, 4) is 11.1 Å². The maximum atomic E-state index is 13.2. The van der Waals surface area contributed by atoms with Gasteiger partial charge in [0.2, 0.25) is 5.91 Å². The Hall–Kier alpha value is -4.72. The molecule has 0 saturated heterocycles. The molecule has 0 aliphatic rings. The molecule has 4 aromatic carbocycles. The maximum Gasteiger partial charge on any atom is 0.251 e. The predicted octanol–water partition coefficient (Wildman–Crippen LogP) is 6.98. The molecule has 2 N–H and O–H groups in total. The van der Waals surface area contributed by atoms with Crippen molar-refractivity contribution in [2.45, 2.75) is 26.4 Å². The van der Waals surface area contributed by atoms with E-state index in [0.717, 1.165) is 16.7 Å². The molecule has 5 rings (SSSR count). The van der Waals surface area contributed by atoms with Crippen LogP contribution in [0.5, 0.6) is 0 Å². The summed E-state index contributed by atoms with van der Waals surface area (Å²) in [6, 6.07) is 26.2. The first-order chi connectivity index (χ1) is 20.6. The third kappa shape index (κ3) is 6.69. The first kappa shape index (κ1) is 29.8. The Kier molecular flexibility index (Phi) is 8.76. The van der Waals surface area contributed by atoms with E-state index in [1.807, 2.05) is 48.5 Å². The molecule has 1 aromatic heterocycles. The fraction of sp³-hybridized carbons (Fsp3) is 0.118. The van der Waals surface area contributed by atoms with Gasteiger partial charge in [-0.1, -0.05) is 71.7 Å². The van der Waals surface area contributed by atoms with Crippen LogP contribution in [0.25, 0.3) is 22.0 Å². The van der Waals surface area contributed by atoms with Gasteiger partial charge in [-0.05, 0) is 73.0 Å². The topological polar surface area (TPSA) is 97.3 Å². The molecule has 2 amide bonds. The van der Waals surface area contributed by atoms with Crippen molar-refractivity contribution >= 4 is 57.4 Å². The standard InChI is InChI=1S/C34H27Cl2N3O4/c1-20(37-34(43)25-11-9-24(10-12-25)23-6-4-3-5-7-23)33(42)38-26-13-15-31-27(17-26)32(41)28(21(2)40)19-39(31)18-22-8-14-29(35)30(36)16-22/h3-17,19-20H,18H2,1-2H3,(H,37,43)(H,38,42)/t20-/m0/s1. The van der Waals surface area contributed by atoms with Gasteiger partial charge in [-0.3, -0.25) is 19.2 Å². The van der Waals surface area contributed by atoms with Crippen molar-refractivity contribution in [2.75, 3.05) is 5.32 Å². The number of benzene rings is 4. The van der Waals surface area contributed by atoms with Gasteiger partial charge < -0.3 is 15.2 Å². The Morgan fingerprint density at radius 2 is 1.53 bits per heavy atom. The minimum absolute atomic E-state index is 0.0231. The number of amides is 2. The van der Waals surface area contributed by atoms with Crippen LogP contribution in [0.4, 0.5) is 5.69 Å². The van der Waals surface area contributed by atoms with Gasteiger partial charge in [-0.2, -0.15) is 0 Å². The zero-order chi connectivity index (χ0) is 30.7.